The van der Waals surface area contributed by atoms with E-state index in [9.17, 15) is 14.0 Å². The molecule has 0 radical (unpaired) electrons. The first-order valence-corrected chi connectivity index (χ1v) is 5.79. The molecule has 1 rings (SSSR count). The van der Waals surface area contributed by atoms with E-state index >= 15 is 0 Å². The number of nitrogens with one attached hydrogen (secondary N) is 1. The summed E-state index contributed by atoms with van der Waals surface area (Å²) in [6, 6.07) is 2.39. The number of carbonyl (C=O) groups is 2. The number of anilines is 1. The second-order valence-corrected chi connectivity index (χ2v) is 5.21. The normalized spacial score (nSPS) is 11.2. The van der Waals surface area contributed by atoms with Gasteiger partial charge in [-0.15, -0.1) is 0 Å². The molecule has 0 fully saturated rings. The number of rotatable bonds is 4. The minimum Gasteiger partial charge on any atom is -0.366 e. The van der Waals surface area contributed by atoms with Crippen LogP contribution in [-0.4, -0.2) is 17.4 Å². The van der Waals surface area contributed by atoms with Gasteiger partial charge in [-0.25, -0.2) is 4.39 Å². The third-order valence-corrected chi connectivity index (χ3v) is 2.52. The molecule has 0 bridgehead atoms. The maximum atomic E-state index is 13.6. The Labute approximate surface area is 111 Å². The molecule has 0 heterocycles. The topological polar surface area (TPSA) is 98.2 Å². The molecule has 0 aromatic heterocycles. The van der Waals surface area contributed by atoms with Crippen molar-refractivity contribution in [2.45, 2.75) is 32.7 Å². The summed E-state index contributed by atoms with van der Waals surface area (Å²) in [5.41, 5.74) is 10.6. The largest absolute Gasteiger partial charge is 0.366 e. The summed E-state index contributed by atoms with van der Waals surface area (Å²) in [7, 11) is 0. The summed E-state index contributed by atoms with van der Waals surface area (Å²) in [6.45, 7) is 4.92. The lowest BCUT2D eigenvalue weighted by atomic mass is 10.0. The van der Waals surface area contributed by atoms with Gasteiger partial charge in [-0.3, -0.25) is 9.59 Å². The predicted molar refractivity (Wildman–Crippen MR) is 71.2 cm³/mol. The maximum absolute atomic E-state index is 13.6. The molecule has 1 aromatic carbocycles. The SMILES string of the molecule is Cc1c(F)cc(C(N)=O)cc1NC(=O)CC(C)(C)N. The fourth-order valence-electron chi connectivity index (χ4n) is 1.56. The van der Waals surface area contributed by atoms with Crippen molar-refractivity contribution in [3.05, 3.63) is 29.1 Å². The molecule has 2 amide bonds. The number of nitrogens with two attached hydrogens (primary N) is 2. The first kappa shape index (κ1) is 15.1. The quantitative estimate of drug-likeness (QED) is 0.766. The van der Waals surface area contributed by atoms with Crippen molar-refractivity contribution in [3.63, 3.8) is 0 Å². The zero-order valence-electron chi connectivity index (χ0n) is 11.2. The van der Waals surface area contributed by atoms with E-state index in [0.29, 0.717) is 0 Å². The van der Waals surface area contributed by atoms with Gasteiger partial charge in [-0.05, 0) is 32.9 Å². The highest BCUT2D eigenvalue weighted by Crippen LogP contribution is 2.21. The molecule has 0 aliphatic carbocycles. The van der Waals surface area contributed by atoms with Gasteiger partial charge in [0.1, 0.15) is 5.82 Å². The molecular formula is C13H18FN3O2. The number of amides is 2. The molecular weight excluding hydrogens is 249 g/mol. The Morgan fingerprint density at radius 2 is 1.95 bits per heavy atom. The van der Waals surface area contributed by atoms with Crippen LogP contribution in [0.25, 0.3) is 0 Å². The van der Waals surface area contributed by atoms with E-state index in [4.69, 9.17) is 11.5 Å². The lowest BCUT2D eigenvalue weighted by Crippen LogP contribution is -2.36. The Kier molecular flexibility index (Phi) is 4.26. The molecule has 104 valence electrons. The maximum Gasteiger partial charge on any atom is 0.248 e. The fourth-order valence-corrected chi connectivity index (χ4v) is 1.56. The van der Waals surface area contributed by atoms with E-state index in [1.165, 1.54) is 13.0 Å². The van der Waals surface area contributed by atoms with Crippen molar-refractivity contribution < 1.29 is 14.0 Å². The van der Waals surface area contributed by atoms with E-state index in [0.717, 1.165) is 6.07 Å². The molecule has 1 aromatic rings. The molecule has 5 nitrogen and oxygen atoms in total. The summed E-state index contributed by atoms with van der Waals surface area (Å²) < 4.78 is 13.6. The average Bonchev–Trinajstić information content (AvgIpc) is 2.21. The molecule has 5 N–H and O–H groups in total. The molecule has 0 aliphatic rings. The zero-order valence-corrected chi connectivity index (χ0v) is 11.2. The van der Waals surface area contributed by atoms with Crippen molar-refractivity contribution in [2.24, 2.45) is 11.5 Å². The minimum atomic E-state index is -0.756. The zero-order chi connectivity index (χ0) is 14.8. The number of benzene rings is 1. The third kappa shape index (κ3) is 4.33. The highest BCUT2D eigenvalue weighted by molar-refractivity contribution is 5.97. The molecule has 0 saturated carbocycles. The van der Waals surface area contributed by atoms with Crippen LogP contribution in [0.1, 0.15) is 36.2 Å². The van der Waals surface area contributed by atoms with Gasteiger partial charge < -0.3 is 16.8 Å². The molecule has 0 spiro atoms. The van der Waals surface area contributed by atoms with Gasteiger partial charge in [0.2, 0.25) is 11.8 Å². The van der Waals surface area contributed by atoms with E-state index in [1.807, 2.05) is 0 Å². The van der Waals surface area contributed by atoms with Gasteiger partial charge in [0.05, 0.1) is 0 Å². The van der Waals surface area contributed by atoms with Gasteiger partial charge in [0.15, 0.2) is 0 Å². The highest BCUT2D eigenvalue weighted by Gasteiger charge is 2.18. The van der Waals surface area contributed by atoms with Crippen molar-refractivity contribution in [1.82, 2.24) is 0 Å². The summed E-state index contributed by atoms with van der Waals surface area (Å²) >= 11 is 0. The smallest absolute Gasteiger partial charge is 0.248 e. The number of halogens is 1. The molecule has 0 atom stereocenters. The summed E-state index contributed by atoms with van der Waals surface area (Å²) in [5, 5.41) is 2.54. The van der Waals surface area contributed by atoms with Crippen molar-refractivity contribution in [2.75, 3.05) is 5.32 Å². The van der Waals surface area contributed by atoms with Crippen LogP contribution in [0.5, 0.6) is 0 Å². The Balaban J connectivity index is 3.01. The van der Waals surface area contributed by atoms with Crippen LogP contribution >= 0.6 is 0 Å². The number of hydrogen-bond acceptors (Lipinski definition) is 3. The summed E-state index contributed by atoms with van der Waals surface area (Å²) in [6.07, 6.45) is 0.0782. The van der Waals surface area contributed by atoms with Crippen molar-refractivity contribution >= 4 is 17.5 Å². The monoisotopic (exact) mass is 267 g/mol. The van der Waals surface area contributed by atoms with E-state index < -0.39 is 17.3 Å². The average molecular weight is 267 g/mol. The Morgan fingerprint density at radius 1 is 1.37 bits per heavy atom. The Hall–Kier alpha value is -1.95. The van der Waals surface area contributed by atoms with E-state index in [-0.39, 0.29) is 29.1 Å². The molecule has 0 saturated heterocycles. The number of primary amides is 1. The first-order valence-electron chi connectivity index (χ1n) is 5.79. The van der Waals surface area contributed by atoms with Crippen molar-refractivity contribution in [3.8, 4) is 0 Å². The van der Waals surface area contributed by atoms with Crippen LogP contribution in [0.15, 0.2) is 12.1 Å². The fraction of sp³-hybridized carbons (Fsp3) is 0.385. The van der Waals surface area contributed by atoms with Gasteiger partial charge >= 0.3 is 0 Å². The predicted octanol–water partition coefficient (Wildman–Crippen LogP) is 1.30. The lowest BCUT2D eigenvalue weighted by Gasteiger charge is -2.18. The van der Waals surface area contributed by atoms with Crippen LogP contribution in [0.2, 0.25) is 0 Å². The van der Waals surface area contributed by atoms with Crippen LogP contribution in [0.4, 0.5) is 10.1 Å². The Morgan fingerprint density at radius 3 is 2.42 bits per heavy atom. The lowest BCUT2D eigenvalue weighted by molar-refractivity contribution is -0.117. The van der Waals surface area contributed by atoms with E-state index in [2.05, 4.69) is 5.32 Å². The summed E-state index contributed by atoms with van der Waals surface area (Å²) in [4.78, 5) is 22.8. The van der Waals surface area contributed by atoms with Crippen LogP contribution < -0.4 is 16.8 Å². The third-order valence-electron chi connectivity index (χ3n) is 2.52. The first-order chi connectivity index (χ1) is 8.60. The van der Waals surface area contributed by atoms with Crippen LogP contribution in [0.3, 0.4) is 0 Å². The number of carbonyl (C=O) groups excluding carboxylic acids is 2. The Bertz CT molecular complexity index is 521. The van der Waals surface area contributed by atoms with Gasteiger partial charge in [-0.1, -0.05) is 0 Å². The van der Waals surface area contributed by atoms with Crippen LogP contribution in [0, 0.1) is 12.7 Å². The molecule has 6 heteroatoms. The van der Waals surface area contributed by atoms with E-state index in [1.54, 1.807) is 13.8 Å². The molecule has 0 unspecified atom stereocenters. The standard InChI is InChI=1S/C13H18FN3O2/c1-7-9(14)4-8(12(15)19)5-10(7)17-11(18)6-13(2,3)16/h4-5H,6,16H2,1-3H3,(H2,15,19)(H,17,18). The van der Waals surface area contributed by atoms with Gasteiger partial charge in [0.25, 0.3) is 0 Å². The van der Waals surface area contributed by atoms with Crippen molar-refractivity contribution in [1.29, 1.82) is 0 Å². The molecule has 19 heavy (non-hydrogen) atoms. The second-order valence-electron chi connectivity index (χ2n) is 5.21. The highest BCUT2D eigenvalue weighted by atomic mass is 19.1. The van der Waals surface area contributed by atoms with Crippen LogP contribution in [-0.2, 0) is 4.79 Å². The molecule has 0 aliphatic heterocycles. The minimum absolute atomic E-state index is 0.00501. The summed E-state index contributed by atoms with van der Waals surface area (Å²) in [5.74, 6) is -1.70. The van der Waals surface area contributed by atoms with Gasteiger partial charge in [-0.2, -0.15) is 0 Å². The van der Waals surface area contributed by atoms with Gasteiger partial charge in [0, 0.05) is 28.8 Å². The number of hydrogen-bond donors (Lipinski definition) is 3. The second kappa shape index (κ2) is 5.36.